The van der Waals surface area contributed by atoms with Gasteiger partial charge in [0.2, 0.25) is 11.8 Å². The number of rotatable bonds is 11. The predicted octanol–water partition coefficient (Wildman–Crippen LogP) is 6.09. The largest absolute Gasteiger partial charge is 0.354 e. The highest BCUT2D eigenvalue weighted by atomic mass is 35.5. The van der Waals surface area contributed by atoms with Crippen molar-refractivity contribution in [2.45, 2.75) is 45.2 Å². The van der Waals surface area contributed by atoms with Crippen LogP contribution >= 0.6 is 23.2 Å². The Labute approximate surface area is 211 Å². The summed E-state index contributed by atoms with van der Waals surface area (Å²) in [7, 11) is 0. The van der Waals surface area contributed by atoms with E-state index in [1.807, 2.05) is 66.7 Å². The molecule has 0 fully saturated rings. The lowest BCUT2D eigenvalue weighted by atomic mass is 10.0. The molecule has 34 heavy (non-hydrogen) atoms. The zero-order valence-corrected chi connectivity index (χ0v) is 20.9. The Bertz CT molecular complexity index is 1070. The minimum Gasteiger partial charge on any atom is -0.354 e. The predicted molar refractivity (Wildman–Crippen MR) is 139 cm³/mol. The van der Waals surface area contributed by atoms with Crippen molar-refractivity contribution in [3.63, 3.8) is 0 Å². The number of amides is 2. The molecular formula is C28H30Cl2N2O2. The van der Waals surface area contributed by atoms with Crippen molar-refractivity contribution in [1.82, 2.24) is 10.2 Å². The normalized spacial score (nSPS) is 11.6. The van der Waals surface area contributed by atoms with Gasteiger partial charge in [0.15, 0.2) is 0 Å². The first-order valence-electron chi connectivity index (χ1n) is 11.6. The summed E-state index contributed by atoms with van der Waals surface area (Å²) < 4.78 is 0. The lowest BCUT2D eigenvalue weighted by Crippen LogP contribution is -2.51. The van der Waals surface area contributed by atoms with Crippen LogP contribution in [-0.4, -0.2) is 29.3 Å². The zero-order chi connectivity index (χ0) is 24.3. The van der Waals surface area contributed by atoms with Crippen molar-refractivity contribution >= 4 is 35.0 Å². The zero-order valence-electron chi connectivity index (χ0n) is 19.3. The van der Waals surface area contributed by atoms with Gasteiger partial charge in [0, 0.05) is 29.6 Å². The molecule has 3 rings (SSSR count). The molecule has 0 saturated carbocycles. The molecule has 3 aromatic carbocycles. The SMILES string of the molecule is CCCCNC(=O)[C@@H](Cc1ccccc1)N(Cc1ccc(Cl)cc1Cl)C(=O)Cc1ccccc1. The second kappa shape index (κ2) is 13.2. The molecule has 6 heteroatoms. The summed E-state index contributed by atoms with van der Waals surface area (Å²) in [6.45, 7) is 2.86. The Morgan fingerprint density at radius 3 is 2.18 bits per heavy atom. The van der Waals surface area contributed by atoms with Gasteiger partial charge >= 0.3 is 0 Å². The summed E-state index contributed by atoms with van der Waals surface area (Å²) in [6.07, 6.45) is 2.45. The number of hydrogen-bond acceptors (Lipinski definition) is 2. The van der Waals surface area contributed by atoms with Gasteiger partial charge in [-0.25, -0.2) is 0 Å². The van der Waals surface area contributed by atoms with E-state index in [1.165, 1.54) is 0 Å². The van der Waals surface area contributed by atoms with Crippen molar-refractivity contribution in [2.24, 2.45) is 0 Å². The van der Waals surface area contributed by atoms with E-state index in [4.69, 9.17) is 23.2 Å². The molecule has 178 valence electrons. The third kappa shape index (κ3) is 7.61. The van der Waals surface area contributed by atoms with Crippen molar-refractivity contribution in [2.75, 3.05) is 6.54 Å². The van der Waals surface area contributed by atoms with Crippen molar-refractivity contribution in [3.05, 3.63) is 106 Å². The number of halogens is 2. The molecule has 0 radical (unpaired) electrons. The van der Waals surface area contributed by atoms with E-state index in [-0.39, 0.29) is 24.8 Å². The van der Waals surface area contributed by atoms with Crippen molar-refractivity contribution < 1.29 is 9.59 Å². The third-order valence-electron chi connectivity index (χ3n) is 5.65. The van der Waals surface area contributed by atoms with E-state index in [0.717, 1.165) is 29.5 Å². The molecule has 1 atom stereocenters. The second-order valence-corrected chi connectivity index (χ2v) is 9.11. The lowest BCUT2D eigenvalue weighted by molar-refractivity contribution is -0.140. The van der Waals surface area contributed by atoms with E-state index >= 15 is 0 Å². The van der Waals surface area contributed by atoms with Gasteiger partial charge < -0.3 is 10.2 Å². The van der Waals surface area contributed by atoms with Gasteiger partial charge in [-0.2, -0.15) is 0 Å². The molecule has 0 aliphatic carbocycles. The molecule has 0 aliphatic rings. The Hall–Kier alpha value is -2.82. The molecule has 4 nitrogen and oxygen atoms in total. The number of nitrogens with one attached hydrogen (secondary N) is 1. The molecule has 0 unspecified atom stereocenters. The molecule has 0 saturated heterocycles. The Morgan fingerprint density at radius 2 is 1.56 bits per heavy atom. The van der Waals surface area contributed by atoms with Crippen LogP contribution in [0.1, 0.15) is 36.5 Å². The average Bonchev–Trinajstić information content (AvgIpc) is 2.84. The van der Waals surface area contributed by atoms with Gasteiger partial charge in [-0.3, -0.25) is 9.59 Å². The van der Waals surface area contributed by atoms with E-state index in [2.05, 4.69) is 12.2 Å². The highest BCUT2D eigenvalue weighted by Crippen LogP contribution is 2.24. The molecule has 0 bridgehead atoms. The van der Waals surface area contributed by atoms with Crippen LogP contribution in [0.2, 0.25) is 10.0 Å². The summed E-state index contributed by atoms with van der Waals surface area (Å²) in [5.41, 5.74) is 2.62. The van der Waals surface area contributed by atoms with Crippen LogP contribution in [0, 0.1) is 0 Å². The van der Waals surface area contributed by atoms with Crippen LogP contribution < -0.4 is 5.32 Å². The van der Waals surface area contributed by atoms with Crippen LogP contribution in [0.5, 0.6) is 0 Å². The van der Waals surface area contributed by atoms with Crippen LogP contribution in [-0.2, 0) is 29.0 Å². The minimum absolute atomic E-state index is 0.135. The number of carbonyl (C=O) groups is 2. The van der Waals surface area contributed by atoms with Crippen LogP contribution in [0.25, 0.3) is 0 Å². The Morgan fingerprint density at radius 1 is 0.912 bits per heavy atom. The van der Waals surface area contributed by atoms with Crippen LogP contribution in [0.3, 0.4) is 0 Å². The first-order valence-corrected chi connectivity index (χ1v) is 12.3. The molecule has 1 N–H and O–H groups in total. The molecular weight excluding hydrogens is 467 g/mol. The first kappa shape index (κ1) is 25.8. The van der Waals surface area contributed by atoms with Gasteiger partial charge in [0.05, 0.1) is 6.42 Å². The molecule has 0 heterocycles. The summed E-state index contributed by atoms with van der Waals surface area (Å²) in [5.74, 6) is -0.299. The molecule has 0 aromatic heterocycles. The Kier molecular flexibility index (Phi) is 9.99. The van der Waals surface area contributed by atoms with E-state index < -0.39 is 6.04 Å². The highest BCUT2D eigenvalue weighted by molar-refractivity contribution is 6.35. The van der Waals surface area contributed by atoms with E-state index in [9.17, 15) is 9.59 Å². The van der Waals surface area contributed by atoms with Crippen LogP contribution in [0.4, 0.5) is 0 Å². The van der Waals surface area contributed by atoms with E-state index in [0.29, 0.717) is 23.0 Å². The molecule has 2 amide bonds. The number of unbranched alkanes of at least 4 members (excludes halogenated alkanes) is 1. The topological polar surface area (TPSA) is 49.4 Å². The van der Waals surface area contributed by atoms with Crippen LogP contribution in [0.15, 0.2) is 78.9 Å². The molecule has 0 spiro atoms. The fourth-order valence-corrected chi connectivity index (χ4v) is 4.23. The fraction of sp³-hybridized carbons (Fsp3) is 0.286. The van der Waals surface area contributed by atoms with E-state index in [1.54, 1.807) is 17.0 Å². The summed E-state index contributed by atoms with van der Waals surface area (Å²) in [6, 6.07) is 23.8. The lowest BCUT2D eigenvalue weighted by Gasteiger charge is -2.32. The maximum Gasteiger partial charge on any atom is 0.243 e. The van der Waals surface area contributed by atoms with Crippen molar-refractivity contribution in [3.8, 4) is 0 Å². The van der Waals surface area contributed by atoms with Gasteiger partial charge in [-0.15, -0.1) is 0 Å². The smallest absolute Gasteiger partial charge is 0.243 e. The summed E-state index contributed by atoms with van der Waals surface area (Å²) in [5, 5.41) is 4.02. The second-order valence-electron chi connectivity index (χ2n) is 8.27. The quantitative estimate of drug-likeness (QED) is 0.326. The first-order chi connectivity index (χ1) is 16.5. The van der Waals surface area contributed by atoms with Gasteiger partial charge in [0.25, 0.3) is 0 Å². The maximum atomic E-state index is 13.6. The highest BCUT2D eigenvalue weighted by Gasteiger charge is 2.30. The summed E-state index contributed by atoms with van der Waals surface area (Å²) in [4.78, 5) is 28.7. The standard InChI is InChI=1S/C28H30Cl2N2O2/c1-2-3-16-31-28(34)26(17-21-10-6-4-7-11-21)32(20-23-14-15-24(29)19-25(23)30)27(33)18-22-12-8-5-9-13-22/h4-15,19,26H,2-3,16-18,20H2,1H3,(H,31,34)/t26-/m1/s1. The molecule has 3 aromatic rings. The fourth-order valence-electron chi connectivity index (χ4n) is 3.77. The van der Waals surface area contributed by atoms with Crippen molar-refractivity contribution in [1.29, 1.82) is 0 Å². The Balaban J connectivity index is 1.95. The summed E-state index contributed by atoms with van der Waals surface area (Å²) >= 11 is 12.5. The molecule has 0 aliphatic heterocycles. The minimum atomic E-state index is -0.679. The number of benzene rings is 3. The van der Waals surface area contributed by atoms with Gasteiger partial charge in [-0.05, 0) is 35.2 Å². The number of hydrogen-bond donors (Lipinski definition) is 1. The number of nitrogens with zero attached hydrogens (tertiary/aromatic N) is 1. The third-order valence-corrected chi connectivity index (χ3v) is 6.24. The average molecular weight is 497 g/mol. The number of carbonyl (C=O) groups excluding carboxylic acids is 2. The monoisotopic (exact) mass is 496 g/mol. The van der Waals surface area contributed by atoms with Gasteiger partial charge in [-0.1, -0.05) is 103 Å². The van der Waals surface area contributed by atoms with Gasteiger partial charge in [0.1, 0.15) is 6.04 Å². The maximum absolute atomic E-state index is 13.6.